The first-order chi connectivity index (χ1) is 16.6. The summed E-state index contributed by atoms with van der Waals surface area (Å²) in [5.74, 6) is -0.0197. The van der Waals surface area contributed by atoms with Gasteiger partial charge in [0.15, 0.2) is 5.17 Å². The fourth-order valence-corrected chi connectivity index (χ4v) is 5.72. The van der Waals surface area contributed by atoms with Crippen molar-refractivity contribution in [3.05, 3.63) is 82.6 Å². The van der Waals surface area contributed by atoms with Crippen LogP contribution < -0.4 is 10.1 Å². The third-order valence-corrected chi connectivity index (χ3v) is 7.64. The van der Waals surface area contributed by atoms with Gasteiger partial charge in [0.1, 0.15) is 11.0 Å². The zero-order valence-electron chi connectivity index (χ0n) is 18.4. The molecule has 2 aliphatic heterocycles. The molecule has 3 heterocycles. The number of thioether (sulfide) groups is 1. The van der Waals surface area contributed by atoms with Crippen LogP contribution in [0.15, 0.2) is 82.2 Å². The molecule has 0 aliphatic carbocycles. The Morgan fingerprint density at radius 2 is 1.91 bits per heavy atom. The predicted octanol–water partition coefficient (Wildman–Crippen LogP) is 4.93. The Kier molecular flexibility index (Phi) is 6.46. The maximum atomic E-state index is 12.7. The summed E-state index contributed by atoms with van der Waals surface area (Å²) in [6.45, 7) is 0. The van der Waals surface area contributed by atoms with Gasteiger partial charge < -0.3 is 10.1 Å². The molecule has 5 rings (SSSR count). The van der Waals surface area contributed by atoms with E-state index in [4.69, 9.17) is 9.84 Å². The lowest BCUT2D eigenvalue weighted by atomic mass is 10.0. The summed E-state index contributed by atoms with van der Waals surface area (Å²) in [5.41, 5.74) is 2.64. The molecule has 7 nitrogen and oxygen atoms in total. The smallest absolute Gasteiger partial charge is 0.262 e. The highest BCUT2D eigenvalue weighted by atomic mass is 32.2. The molecule has 0 saturated carbocycles. The van der Waals surface area contributed by atoms with E-state index in [2.05, 4.69) is 28.5 Å². The van der Waals surface area contributed by atoms with Crippen LogP contribution in [0.25, 0.3) is 0 Å². The van der Waals surface area contributed by atoms with Crippen LogP contribution in [0.5, 0.6) is 5.75 Å². The summed E-state index contributed by atoms with van der Waals surface area (Å²) in [6, 6.07) is 21.3. The Bertz CT molecular complexity index is 1260. The van der Waals surface area contributed by atoms with Gasteiger partial charge in [-0.3, -0.25) is 9.59 Å². The molecule has 9 heteroatoms. The molecule has 0 bridgehead atoms. The Labute approximate surface area is 205 Å². The van der Waals surface area contributed by atoms with Gasteiger partial charge in [-0.25, -0.2) is 5.01 Å². The zero-order chi connectivity index (χ0) is 23.5. The quantitative estimate of drug-likeness (QED) is 0.530. The van der Waals surface area contributed by atoms with Crippen LogP contribution in [-0.4, -0.2) is 40.1 Å². The molecule has 1 aromatic heterocycles. The summed E-state index contributed by atoms with van der Waals surface area (Å²) in [4.78, 5) is 30.8. The number of carbonyl (C=O) groups is 2. The van der Waals surface area contributed by atoms with Crippen molar-refractivity contribution in [1.29, 1.82) is 0 Å². The number of para-hydroxylation sites is 2. The fourth-order valence-electron chi connectivity index (χ4n) is 3.94. The molecule has 172 valence electrons. The topological polar surface area (TPSA) is 83.4 Å². The number of amidine groups is 1. The van der Waals surface area contributed by atoms with E-state index in [0.29, 0.717) is 16.6 Å². The molecule has 0 unspecified atom stereocenters. The van der Waals surface area contributed by atoms with Crippen LogP contribution in [0.2, 0.25) is 0 Å². The number of hydrogen-bond acceptors (Lipinski definition) is 7. The van der Waals surface area contributed by atoms with Crippen molar-refractivity contribution in [3.63, 3.8) is 0 Å². The van der Waals surface area contributed by atoms with Crippen LogP contribution in [0.1, 0.15) is 29.3 Å². The largest absolute Gasteiger partial charge is 0.495 e. The molecule has 2 atom stereocenters. The lowest BCUT2D eigenvalue weighted by Gasteiger charge is -2.23. The molecular formula is C25H22N4O3S2. The first-order valence-electron chi connectivity index (χ1n) is 10.8. The number of nitrogens with zero attached hydrogens (tertiary/aromatic N) is 3. The van der Waals surface area contributed by atoms with Crippen LogP contribution in [0, 0.1) is 0 Å². The number of aliphatic imine (C=N–C) groups is 1. The average Bonchev–Trinajstić information content (AvgIpc) is 3.60. The van der Waals surface area contributed by atoms with E-state index < -0.39 is 5.25 Å². The maximum absolute atomic E-state index is 12.7. The Balaban J connectivity index is 1.32. The SMILES string of the molecule is COc1ccccc1NC(=O)C[C@@H]1SC(N2N=C(c3cccs3)C[C@H]2c2ccccc2)=NC1=O. The summed E-state index contributed by atoms with van der Waals surface area (Å²) in [6.07, 6.45) is 0.733. The van der Waals surface area contributed by atoms with Crippen LogP contribution in [0.4, 0.5) is 5.69 Å². The number of ether oxygens (including phenoxy) is 1. The first-order valence-corrected chi connectivity index (χ1v) is 12.6. The minimum absolute atomic E-state index is 0.0138. The van der Waals surface area contributed by atoms with Gasteiger partial charge in [0.2, 0.25) is 5.91 Å². The highest BCUT2D eigenvalue weighted by Gasteiger charge is 2.39. The Morgan fingerprint density at radius 3 is 2.68 bits per heavy atom. The highest BCUT2D eigenvalue weighted by Crippen LogP contribution is 2.39. The third-order valence-electron chi connectivity index (χ3n) is 5.58. The number of methoxy groups -OCH3 is 1. The average molecular weight is 491 g/mol. The van der Waals surface area contributed by atoms with Gasteiger partial charge in [-0.15, -0.1) is 11.3 Å². The normalized spacial score (nSPS) is 19.7. The second-order valence-electron chi connectivity index (χ2n) is 7.79. The predicted molar refractivity (Wildman–Crippen MR) is 137 cm³/mol. The van der Waals surface area contributed by atoms with Gasteiger partial charge in [-0.1, -0.05) is 60.3 Å². The number of amides is 2. The second-order valence-corrected chi connectivity index (χ2v) is 9.91. The van der Waals surface area contributed by atoms with Crippen molar-refractivity contribution in [1.82, 2.24) is 5.01 Å². The van der Waals surface area contributed by atoms with E-state index in [-0.39, 0.29) is 24.3 Å². The molecule has 2 aliphatic rings. The number of benzene rings is 2. The minimum atomic E-state index is -0.595. The van der Waals surface area contributed by atoms with Gasteiger partial charge >= 0.3 is 0 Å². The van der Waals surface area contributed by atoms with Crippen molar-refractivity contribution in [3.8, 4) is 5.75 Å². The molecular weight excluding hydrogens is 468 g/mol. The van der Waals surface area contributed by atoms with E-state index in [1.807, 2.05) is 46.8 Å². The van der Waals surface area contributed by atoms with Gasteiger partial charge in [0, 0.05) is 12.8 Å². The molecule has 0 spiro atoms. The standard InChI is InChI=1S/C25H22N4O3S2/c1-32-20-11-6-5-10-17(20)26-23(30)15-22-24(31)27-25(34-22)29-19(16-8-3-2-4-9-16)14-18(28-29)21-12-7-13-33-21/h2-13,19,22H,14-15H2,1H3,(H,26,30)/t19-,22-/m0/s1. The van der Waals surface area contributed by atoms with Gasteiger partial charge in [0.25, 0.3) is 5.91 Å². The molecule has 0 radical (unpaired) electrons. The summed E-state index contributed by atoms with van der Waals surface area (Å²) >= 11 is 2.93. The van der Waals surface area contributed by atoms with Crippen molar-refractivity contribution in [2.75, 3.05) is 12.4 Å². The lowest BCUT2D eigenvalue weighted by Crippen LogP contribution is -2.25. The van der Waals surface area contributed by atoms with Gasteiger partial charge in [0.05, 0.1) is 29.4 Å². The highest BCUT2D eigenvalue weighted by molar-refractivity contribution is 8.15. The fraction of sp³-hybridized carbons (Fsp3) is 0.200. The third kappa shape index (κ3) is 4.62. The number of hydrazone groups is 1. The van der Waals surface area contributed by atoms with E-state index in [1.165, 1.54) is 11.8 Å². The number of carbonyl (C=O) groups excluding carboxylic acids is 2. The number of nitrogens with one attached hydrogen (secondary N) is 1. The van der Waals surface area contributed by atoms with E-state index in [0.717, 1.165) is 22.6 Å². The monoisotopic (exact) mass is 490 g/mol. The first kappa shape index (κ1) is 22.4. The molecule has 2 aromatic carbocycles. The molecule has 2 amide bonds. The zero-order valence-corrected chi connectivity index (χ0v) is 20.0. The maximum Gasteiger partial charge on any atom is 0.262 e. The Morgan fingerprint density at radius 1 is 1.12 bits per heavy atom. The van der Waals surface area contributed by atoms with E-state index >= 15 is 0 Å². The number of thiophene rings is 1. The van der Waals surface area contributed by atoms with Crippen molar-refractivity contribution in [2.45, 2.75) is 24.1 Å². The van der Waals surface area contributed by atoms with Crippen LogP contribution in [0.3, 0.4) is 0 Å². The minimum Gasteiger partial charge on any atom is -0.495 e. The van der Waals surface area contributed by atoms with E-state index in [1.54, 1.807) is 30.6 Å². The van der Waals surface area contributed by atoms with Gasteiger partial charge in [-0.2, -0.15) is 10.1 Å². The molecule has 34 heavy (non-hydrogen) atoms. The van der Waals surface area contributed by atoms with Gasteiger partial charge in [-0.05, 0) is 29.1 Å². The number of anilines is 1. The summed E-state index contributed by atoms with van der Waals surface area (Å²) < 4.78 is 5.29. The molecule has 0 fully saturated rings. The lowest BCUT2D eigenvalue weighted by molar-refractivity contribution is -0.121. The number of hydrogen-bond donors (Lipinski definition) is 1. The van der Waals surface area contributed by atoms with E-state index in [9.17, 15) is 9.59 Å². The number of rotatable bonds is 6. The summed E-state index contributed by atoms with van der Waals surface area (Å²) in [7, 11) is 1.55. The second kappa shape index (κ2) is 9.82. The van der Waals surface area contributed by atoms with Crippen molar-refractivity contribution >= 4 is 51.5 Å². The van der Waals surface area contributed by atoms with Crippen molar-refractivity contribution in [2.24, 2.45) is 10.1 Å². The summed E-state index contributed by atoms with van der Waals surface area (Å²) in [5, 5.41) is 11.5. The van der Waals surface area contributed by atoms with Crippen LogP contribution >= 0.6 is 23.1 Å². The Hall–Kier alpha value is -3.43. The molecule has 3 aromatic rings. The molecule has 1 N–H and O–H groups in total. The van der Waals surface area contributed by atoms with Crippen molar-refractivity contribution < 1.29 is 14.3 Å². The van der Waals surface area contributed by atoms with Crippen LogP contribution in [-0.2, 0) is 9.59 Å². The molecule has 0 saturated heterocycles.